The molecule has 0 amide bonds. The van der Waals surface area contributed by atoms with Gasteiger partial charge in [0, 0.05) is 16.8 Å². The molecule has 0 aliphatic rings. The van der Waals surface area contributed by atoms with Crippen LogP contribution in [-0.4, -0.2) is 4.98 Å². The van der Waals surface area contributed by atoms with Gasteiger partial charge in [-0.3, -0.25) is 0 Å². The second-order valence-electron chi connectivity index (χ2n) is 3.32. The highest BCUT2D eigenvalue weighted by Gasteiger charge is 2.05. The van der Waals surface area contributed by atoms with Gasteiger partial charge >= 0.3 is 0 Å². The Morgan fingerprint density at radius 1 is 1.24 bits per heavy atom. The molecule has 0 atom stereocenters. The zero-order chi connectivity index (χ0) is 12.3. The third-order valence-electron chi connectivity index (χ3n) is 2.12. The lowest BCUT2D eigenvalue weighted by atomic mass is 10.2. The van der Waals surface area contributed by atoms with Crippen molar-refractivity contribution >= 4 is 23.2 Å². The summed E-state index contributed by atoms with van der Waals surface area (Å²) in [5.74, 6) is 0.0831. The molecule has 0 saturated carbocycles. The Labute approximate surface area is 108 Å². The number of aromatic nitrogens is 1. The minimum Gasteiger partial charge on any atom is -0.486 e. The van der Waals surface area contributed by atoms with Gasteiger partial charge in [-0.05, 0) is 30.3 Å². The molecule has 1 heterocycles. The minimum atomic E-state index is -0.356. The summed E-state index contributed by atoms with van der Waals surface area (Å²) in [6.07, 6.45) is 1.56. The molecule has 0 aliphatic carbocycles. The van der Waals surface area contributed by atoms with Crippen LogP contribution in [0.1, 0.15) is 5.56 Å². The fourth-order valence-corrected chi connectivity index (χ4v) is 1.63. The van der Waals surface area contributed by atoms with Gasteiger partial charge in [0.05, 0.1) is 0 Å². The highest BCUT2D eigenvalue weighted by atomic mass is 35.5. The van der Waals surface area contributed by atoms with Crippen molar-refractivity contribution < 1.29 is 9.13 Å². The summed E-state index contributed by atoms with van der Waals surface area (Å²) in [4.78, 5) is 3.86. The number of benzene rings is 1. The van der Waals surface area contributed by atoms with E-state index in [1.54, 1.807) is 18.3 Å². The summed E-state index contributed by atoms with van der Waals surface area (Å²) in [5.41, 5.74) is 0.562. The molecule has 0 unspecified atom stereocenters. The van der Waals surface area contributed by atoms with Crippen molar-refractivity contribution in [1.82, 2.24) is 4.98 Å². The van der Waals surface area contributed by atoms with Crippen molar-refractivity contribution in [2.24, 2.45) is 0 Å². The van der Waals surface area contributed by atoms with Crippen molar-refractivity contribution in [2.75, 3.05) is 0 Å². The molecular weight excluding hydrogens is 264 g/mol. The highest BCUT2D eigenvalue weighted by molar-refractivity contribution is 6.31. The van der Waals surface area contributed by atoms with Crippen molar-refractivity contribution in [3.8, 4) is 5.75 Å². The third-order valence-corrected chi connectivity index (χ3v) is 2.77. The van der Waals surface area contributed by atoms with E-state index in [-0.39, 0.29) is 17.6 Å². The van der Waals surface area contributed by atoms with Crippen LogP contribution in [-0.2, 0) is 6.61 Å². The van der Waals surface area contributed by atoms with E-state index in [1.807, 2.05) is 0 Å². The first kappa shape index (κ1) is 12.1. The molecule has 2 aromatic rings. The zero-order valence-electron chi connectivity index (χ0n) is 8.66. The summed E-state index contributed by atoms with van der Waals surface area (Å²) < 4.78 is 18.4. The SMILES string of the molecule is Fc1ccc(Cl)c(COc2cccnc2Cl)c1. The van der Waals surface area contributed by atoms with Gasteiger partial charge in [0.2, 0.25) is 0 Å². The van der Waals surface area contributed by atoms with Crippen LogP contribution < -0.4 is 4.74 Å². The number of rotatable bonds is 3. The van der Waals surface area contributed by atoms with Gasteiger partial charge in [0.1, 0.15) is 12.4 Å². The second kappa shape index (κ2) is 5.34. The lowest BCUT2D eigenvalue weighted by Crippen LogP contribution is -1.98. The average Bonchev–Trinajstić information content (AvgIpc) is 2.32. The van der Waals surface area contributed by atoms with Crippen molar-refractivity contribution in [3.05, 3.63) is 58.1 Å². The van der Waals surface area contributed by atoms with E-state index in [2.05, 4.69) is 4.98 Å². The van der Waals surface area contributed by atoms with Crippen LogP contribution in [0.15, 0.2) is 36.5 Å². The highest BCUT2D eigenvalue weighted by Crippen LogP contribution is 2.23. The summed E-state index contributed by atoms with van der Waals surface area (Å²) in [5, 5.41) is 0.714. The second-order valence-corrected chi connectivity index (χ2v) is 4.08. The van der Waals surface area contributed by atoms with Crippen molar-refractivity contribution in [2.45, 2.75) is 6.61 Å². The predicted octanol–water partition coefficient (Wildman–Crippen LogP) is 4.11. The van der Waals surface area contributed by atoms with E-state index >= 15 is 0 Å². The summed E-state index contributed by atoms with van der Waals surface area (Å²) in [7, 11) is 0. The predicted molar refractivity (Wildman–Crippen MR) is 65.0 cm³/mol. The molecule has 17 heavy (non-hydrogen) atoms. The Kier molecular flexibility index (Phi) is 3.82. The largest absolute Gasteiger partial charge is 0.486 e. The van der Waals surface area contributed by atoms with Crippen LogP contribution in [0, 0.1) is 5.82 Å². The van der Waals surface area contributed by atoms with Crippen molar-refractivity contribution in [3.63, 3.8) is 0 Å². The minimum absolute atomic E-state index is 0.141. The first-order valence-corrected chi connectivity index (χ1v) is 5.59. The lowest BCUT2D eigenvalue weighted by Gasteiger charge is -2.08. The van der Waals surface area contributed by atoms with Crippen LogP contribution in [0.25, 0.3) is 0 Å². The summed E-state index contributed by atoms with van der Waals surface area (Å²) in [6.45, 7) is 0.141. The van der Waals surface area contributed by atoms with Crippen LogP contribution in [0.2, 0.25) is 10.2 Å². The molecule has 0 bridgehead atoms. The Morgan fingerprint density at radius 2 is 2.06 bits per heavy atom. The topological polar surface area (TPSA) is 22.1 Å². The molecule has 5 heteroatoms. The smallest absolute Gasteiger partial charge is 0.171 e. The molecule has 1 aromatic carbocycles. The molecule has 0 saturated heterocycles. The maximum atomic E-state index is 13.0. The molecule has 1 aromatic heterocycles. The number of ether oxygens (including phenoxy) is 1. The quantitative estimate of drug-likeness (QED) is 0.784. The maximum Gasteiger partial charge on any atom is 0.171 e. The van der Waals surface area contributed by atoms with Gasteiger partial charge in [-0.2, -0.15) is 0 Å². The molecule has 0 radical (unpaired) electrons. The number of hydrogen-bond donors (Lipinski definition) is 0. The zero-order valence-corrected chi connectivity index (χ0v) is 10.2. The normalized spacial score (nSPS) is 10.3. The van der Waals surface area contributed by atoms with E-state index in [9.17, 15) is 4.39 Å². The molecular formula is C12H8Cl2FNO. The number of pyridine rings is 1. The molecule has 0 aliphatic heterocycles. The van der Waals surface area contributed by atoms with Gasteiger partial charge in [-0.15, -0.1) is 0 Å². The van der Waals surface area contributed by atoms with Crippen LogP contribution in [0.5, 0.6) is 5.75 Å². The summed E-state index contributed by atoms with van der Waals surface area (Å²) in [6, 6.07) is 7.49. The Morgan fingerprint density at radius 3 is 2.82 bits per heavy atom. The maximum absolute atomic E-state index is 13.0. The van der Waals surface area contributed by atoms with Crippen LogP contribution >= 0.6 is 23.2 Å². The monoisotopic (exact) mass is 271 g/mol. The Bertz CT molecular complexity index is 534. The molecule has 0 N–H and O–H groups in total. The van der Waals surface area contributed by atoms with Gasteiger partial charge < -0.3 is 4.74 Å². The number of hydrogen-bond acceptors (Lipinski definition) is 2. The van der Waals surface area contributed by atoms with Crippen LogP contribution in [0.3, 0.4) is 0 Å². The molecule has 88 valence electrons. The van der Waals surface area contributed by atoms with E-state index in [1.165, 1.54) is 18.2 Å². The fraction of sp³-hybridized carbons (Fsp3) is 0.0833. The Balaban J connectivity index is 2.12. The molecule has 2 nitrogen and oxygen atoms in total. The van der Waals surface area contributed by atoms with E-state index in [0.717, 1.165) is 0 Å². The van der Waals surface area contributed by atoms with Gasteiger partial charge in [0.25, 0.3) is 0 Å². The van der Waals surface area contributed by atoms with Crippen LogP contribution in [0.4, 0.5) is 4.39 Å². The van der Waals surface area contributed by atoms with E-state index in [4.69, 9.17) is 27.9 Å². The average molecular weight is 272 g/mol. The summed E-state index contributed by atoms with van der Waals surface area (Å²) >= 11 is 11.7. The van der Waals surface area contributed by atoms with E-state index < -0.39 is 0 Å². The fourth-order valence-electron chi connectivity index (χ4n) is 1.29. The van der Waals surface area contributed by atoms with Gasteiger partial charge in [-0.25, -0.2) is 9.37 Å². The first-order valence-electron chi connectivity index (χ1n) is 4.84. The number of nitrogens with zero attached hydrogens (tertiary/aromatic N) is 1. The van der Waals surface area contributed by atoms with Gasteiger partial charge in [-0.1, -0.05) is 23.2 Å². The van der Waals surface area contributed by atoms with Gasteiger partial charge in [0.15, 0.2) is 10.9 Å². The van der Waals surface area contributed by atoms with E-state index in [0.29, 0.717) is 16.3 Å². The molecule has 0 fully saturated rings. The molecule has 0 spiro atoms. The lowest BCUT2D eigenvalue weighted by molar-refractivity contribution is 0.304. The standard InChI is InChI=1S/C12H8Cl2FNO/c13-10-4-3-9(15)6-8(10)7-17-11-2-1-5-16-12(11)14/h1-6H,7H2. The Hall–Kier alpha value is -1.32. The first-order chi connectivity index (χ1) is 8.16. The van der Waals surface area contributed by atoms with Crippen molar-refractivity contribution in [1.29, 1.82) is 0 Å². The third kappa shape index (κ3) is 3.08. The molecule has 2 rings (SSSR count). The number of halogens is 3.